The molecule has 0 spiro atoms. The Labute approximate surface area is 122 Å². The molecule has 0 bridgehead atoms. The first-order chi connectivity index (χ1) is 9.65. The van der Waals surface area contributed by atoms with Crippen LogP contribution in [0.3, 0.4) is 0 Å². The lowest BCUT2D eigenvalue weighted by molar-refractivity contribution is 0.0691. The van der Waals surface area contributed by atoms with E-state index in [9.17, 15) is 9.59 Å². The highest BCUT2D eigenvalue weighted by Crippen LogP contribution is 2.09. The summed E-state index contributed by atoms with van der Waals surface area (Å²) >= 11 is 2.74. The normalized spacial score (nSPS) is 10.2. The first-order valence-electron chi connectivity index (χ1n) is 5.73. The molecule has 0 aliphatic carbocycles. The number of carbonyl (C=O) groups is 2. The van der Waals surface area contributed by atoms with E-state index >= 15 is 0 Å². The van der Waals surface area contributed by atoms with Crippen LogP contribution in [0.4, 0.5) is 4.79 Å². The van der Waals surface area contributed by atoms with Crippen LogP contribution in [0, 0.1) is 0 Å². The summed E-state index contributed by atoms with van der Waals surface area (Å²) in [5, 5.41) is 18.9. The molecular formula is C11H12N4O3S2. The molecule has 106 valence electrons. The molecule has 0 atom stereocenters. The Balaban J connectivity index is 1.67. The minimum Gasteiger partial charge on any atom is -0.476 e. The highest BCUT2D eigenvalue weighted by Gasteiger charge is 2.08. The van der Waals surface area contributed by atoms with E-state index in [1.165, 1.54) is 28.1 Å². The van der Waals surface area contributed by atoms with Gasteiger partial charge < -0.3 is 15.7 Å². The van der Waals surface area contributed by atoms with Crippen molar-refractivity contribution >= 4 is 34.7 Å². The number of carbonyl (C=O) groups excluding carboxylic acids is 1. The molecule has 0 radical (unpaired) electrons. The van der Waals surface area contributed by atoms with E-state index in [1.807, 2.05) is 5.38 Å². The van der Waals surface area contributed by atoms with Gasteiger partial charge in [0, 0.05) is 29.9 Å². The number of rotatable bonds is 6. The number of aromatic nitrogens is 2. The third-order valence-corrected chi connectivity index (χ3v) is 3.97. The van der Waals surface area contributed by atoms with Crippen molar-refractivity contribution in [3.05, 3.63) is 32.7 Å². The molecular weight excluding hydrogens is 300 g/mol. The number of urea groups is 1. The molecule has 2 rings (SSSR count). The lowest BCUT2D eigenvalue weighted by Crippen LogP contribution is -2.36. The van der Waals surface area contributed by atoms with E-state index < -0.39 is 5.97 Å². The van der Waals surface area contributed by atoms with Crippen LogP contribution >= 0.6 is 22.7 Å². The molecule has 0 aromatic carbocycles. The van der Waals surface area contributed by atoms with E-state index in [1.54, 1.807) is 6.20 Å². The van der Waals surface area contributed by atoms with Crippen molar-refractivity contribution in [1.29, 1.82) is 0 Å². The van der Waals surface area contributed by atoms with Gasteiger partial charge in [-0.3, -0.25) is 0 Å². The third-order valence-electron chi connectivity index (χ3n) is 2.28. The van der Waals surface area contributed by atoms with E-state index in [-0.39, 0.29) is 11.7 Å². The zero-order valence-corrected chi connectivity index (χ0v) is 12.0. The molecule has 0 saturated carbocycles. The van der Waals surface area contributed by atoms with Gasteiger partial charge in [0.1, 0.15) is 5.01 Å². The predicted molar refractivity (Wildman–Crippen MR) is 75.1 cm³/mol. The summed E-state index contributed by atoms with van der Waals surface area (Å²) < 4.78 is 0. The van der Waals surface area contributed by atoms with Gasteiger partial charge in [-0.25, -0.2) is 19.6 Å². The van der Waals surface area contributed by atoms with Gasteiger partial charge in [0.2, 0.25) is 0 Å². The van der Waals surface area contributed by atoms with E-state index in [4.69, 9.17) is 5.11 Å². The third kappa shape index (κ3) is 4.28. The van der Waals surface area contributed by atoms with Crippen LogP contribution in [0.5, 0.6) is 0 Å². The van der Waals surface area contributed by atoms with Gasteiger partial charge in [0.15, 0.2) is 5.69 Å². The second-order valence-electron chi connectivity index (χ2n) is 3.72. The fraction of sp³-hybridized carbons (Fsp3) is 0.273. The Morgan fingerprint density at radius 1 is 1.25 bits per heavy atom. The van der Waals surface area contributed by atoms with Gasteiger partial charge in [0.05, 0.1) is 11.6 Å². The van der Waals surface area contributed by atoms with Gasteiger partial charge >= 0.3 is 12.0 Å². The summed E-state index contributed by atoms with van der Waals surface area (Å²) in [4.78, 5) is 30.1. The van der Waals surface area contributed by atoms with Crippen molar-refractivity contribution < 1.29 is 14.7 Å². The molecule has 2 aromatic heterocycles. The standard InChI is InChI=1S/C11H12N4O3S2/c16-10(17)7-6-20-8(15-7)1-2-13-11(18)14-5-9-12-3-4-19-9/h3-4,6H,1-2,5H2,(H,16,17)(H2,13,14,18). The number of hydrogen-bond donors (Lipinski definition) is 3. The molecule has 0 unspecified atom stereocenters. The van der Waals surface area contributed by atoms with Crippen LogP contribution in [-0.4, -0.2) is 33.6 Å². The molecule has 0 fully saturated rings. The molecule has 20 heavy (non-hydrogen) atoms. The number of hydrogen-bond acceptors (Lipinski definition) is 6. The van der Waals surface area contributed by atoms with Gasteiger partial charge in [0.25, 0.3) is 0 Å². The molecule has 2 aromatic rings. The molecule has 3 N–H and O–H groups in total. The average molecular weight is 312 g/mol. The molecule has 7 nitrogen and oxygen atoms in total. The van der Waals surface area contributed by atoms with Gasteiger partial charge in [-0.15, -0.1) is 22.7 Å². The lowest BCUT2D eigenvalue weighted by Gasteiger charge is -2.04. The number of thiazole rings is 2. The maximum atomic E-state index is 11.5. The van der Waals surface area contributed by atoms with Crippen molar-refractivity contribution in [2.45, 2.75) is 13.0 Å². The first-order valence-corrected chi connectivity index (χ1v) is 7.49. The molecule has 0 aliphatic rings. The highest BCUT2D eigenvalue weighted by molar-refractivity contribution is 7.10. The summed E-state index contributed by atoms with van der Waals surface area (Å²) in [6, 6.07) is -0.282. The number of nitrogens with one attached hydrogen (secondary N) is 2. The second kappa shape index (κ2) is 6.96. The smallest absolute Gasteiger partial charge is 0.355 e. The Kier molecular flexibility index (Phi) is 5.02. The molecule has 9 heteroatoms. The number of nitrogens with zero attached hydrogens (tertiary/aromatic N) is 2. The van der Waals surface area contributed by atoms with Crippen molar-refractivity contribution in [1.82, 2.24) is 20.6 Å². The molecule has 2 heterocycles. The fourth-order valence-corrected chi connectivity index (χ4v) is 2.69. The predicted octanol–water partition coefficient (Wildman–Crippen LogP) is 1.34. The molecule has 0 aliphatic heterocycles. The van der Waals surface area contributed by atoms with Gasteiger partial charge in [-0.1, -0.05) is 0 Å². The zero-order valence-electron chi connectivity index (χ0n) is 10.3. The lowest BCUT2D eigenvalue weighted by atomic mass is 10.4. The van der Waals surface area contributed by atoms with Gasteiger partial charge in [-0.2, -0.15) is 0 Å². The number of carboxylic acids is 1. The summed E-state index contributed by atoms with van der Waals surface area (Å²) in [5.41, 5.74) is 0.0400. The zero-order chi connectivity index (χ0) is 14.4. The van der Waals surface area contributed by atoms with Crippen molar-refractivity contribution in [3.63, 3.8) is 0 Å². The number of aromatic carboxylic acids is 1. The Morgan fingerprint density at radius 3 is 2.75 bits per heavy atom. The first kappa shape index (κ1) is 14.4. The van der Waals surface area contributed by atoms with Crippen LogP contribution in [0.25, 0.3) is 0 Å². The second-order valence-corrected chi connectivity index (χ2v) is 5.64. The largest absolute Gasteiger partial charge is 0.476 e. The fourth-order valence-electron chi connectivity index (χ4n) is 1.37. The van der Waals surface area contributed by atoms with Crippen molar-refractivity contribution in [3.8, 4) is 0 Å². The quantitative estimate of drug-likeness (QED) is 0.746. The summed E-state index contributed by atoms with van der Waals surface area (Å²) in [6.45, 7) is 0.792. The highest BCUT2D eigenvalue weighted by atomic mass is 32.1. The Morgan fingerprint density at radius 2 is 2.10 bits per heavy atom. The summed E-state index contributed by atoms with van der Waals surface area (Å²) in [7, 11) is 0. The topological polar surface area (TPSA) is 104 Å². The average Bonchev–Trinajstić information content (AvgIpc) is 3.07. The maximum Gasteiger partial charge on any atom is 0.355 e. The molecule has 2 amide bonds. The number of amides is 2. The minimum absolute atomic E-state index is 0.0400. The van der Waals surface area contributed by atoms with Crippen LogP contribution in [0.15, 0.2) is 17.0 Å². The van der Waals surface area contributed by atoms with Gasteiger partial charge in [-0.05, 0) is 0 Å². The van der Waals surface area contributed by atoms with Crippen LogP contribution in [-0.2, 0) is 13.0 Å². The minimum atomic E-state index is -1.04. The maximum absolute atomic E-state index is 11.5. The molecule has 0 saturated heterocycles. The Hall–Kier alpha value is -2.00. The summed E-state index contributed by atoms with van der Waals surface area (Å²) in [6.07, 6.45) is 2.19. The van der Waals surface area contributed by atoms with Crippen LogP contribution in [0.1, 0.15) is 20.5 Å². The van der Waals surface area contributed by atoms with Crippen molar-refractivity contribution in [2.75, 3.05) is 6.54 Å². The number of carboxylic acid groups (broad SMARTS) is 1. The Bertz CT molecular complexity index is 582. The SMILES string of the molecule is O=C(NCCc1nc(C(=O)O)cs1)NCc1nccs1. The summed E-state index contributed by atoms with van der Waals surface area (Å²) in [5.74, 6) is -1.04. The van der Waals surface area contributed by atoms with Crippen molar-refractivity contribution in [2.24, 2.45) is 0 Å². The van der Waals surface area contributed by atoms with E-state index in [0.29, 0.717) is 24.5 Å². The van der Waals surface area contributed by atoms with E-state index in [0.717, 1.165) is 5.01 Å². The van der Waals surface area contributed by atoms with Crippen LogP contribution in [0.2, 0.25) is 0 Å². The van der Waals surface area contributed by atoms with Crippen LogP contribution < -0.4 is 10.6 Å². The monoisotopic (exact) mass is 312 g/mol. The van der Waals surface area contributed by atoms with E-state index in [2.05, 4.69) is 20.6 Å².